The number of hydrogen-bond acceptors (Lipinski definition) is 8. The van der Waals surface area contributed by atoms with Gasteiger partial charge in [0, 0.05) is 29.8 Å². The molecule has 0 saturated heterocycles. The van der Waals surface area contributed by atoms with Gasteiger partial charge in [-0.15, -0.1) is 0 Å². The first-order chi connectivity index (χ1) is 21.1. The number of carbonyl (C=O) groups is 3. The lowest BCUT2D eigenvalue weighted by atomic mass is 9.97. The molecule has 1 aromatic heterocycles. The van der Waals surface area contributed by atoms with Gasteiger partial charge in [0.05, 0.1) is 18.3 Å². The Bertz CT molecular complexity index is 1610. The number of hydrogen-bond donors (Lipinski definition) is 2. The summed E-state index contributed by atoms with van der Waals surface area (Å²) in [6.07, 6.45) is -5.31. The Kier molecular flexibility index (Phi) is 9.56. The molecular weight excluding hydrogens is 605 g/mol. The van der Waals surface area contributed by atoms with Gasteiger partial charge in [-0.3, -0.25) is 4.79 Å². The van der Waals surface area contributed by atoms with Crippen LogP contribution in [-0.4, -0.2) is 77.2 Å². The largest absolute Gasteiger partial charge is 0.493 e. The second kappa shape index (κ2) is 13.0. The fraction of sp³-hybridized carbons (Fsp3) is 0.345. The van der Waals surface area contributed by atoms with Crippen LogP contribution in [0, 0.1) is 18.6 Å². The van der Waals surface area contributed by atoms with Gasteiger partial charge in [-0.25, -0.2) is 28.3 Å². The van der Waals surface area contributed by atoms with Crippen LogP contribution in [0.25, 0.3) is 11.3 Å². The molecular formula is C29H30F5N7O4. The number of urea groups is 1. The second-order valence-electron chi connectivity index (χ2n) is 10.6. The lowest BCUT2D eigenvalue weighted by Gasteiger charge is -2.31. The van der Waals surface area contributed by atoms with E-state index in [-0.39, 0.29) is 29.6 Å². The van der Waals surface area contributed by atoms with E-state index in [2.05, 4.69) is 25.4 Å². The maximum atomic E-state index is 14.9. The molecule has 0 radical (unpaired) electrons. The number of nitrogens with one attached hydrogen (secondary N) is 2. The molecule has 0 bridgehead atoms. The molecule has 2 heterocycles. The molecule has 3 amide bonds. The fourth-order valence-electron chi connectivity index (χ4n) is 4.47. The number of aromatic nitrogens is 2. The molecule has 2 N–H and O–H groups in total. The average molecular weight is 636 g/mol. The van der Waals surface area contributed by atoms with Gasteiger partial charge in [0.25, 0.3) is 5.91 Å². The highest BCUT2D eigenvalue weighted by molar-refractivity contribution is 6.02. The molecule has 0 fully saturated rings. The Labute approximate surface area is 254 Å². The zero-order valence-corrected chi connectivity index (χ0v) is 24.9. The van der Waals surface area contributed by atoms with Crippen LogP contribution in [0.5, 0.6) is 0 Å². The summed E-state index contributed by atoms with van der Waals surface area (Å²) < 4.78 is 68.3. The van der Waals surface area contributed by atoms with Crippen LogP contribution >= 0.6 is 0 Å². The maximum absolute atomic E-state index is 14.9. The summed E-state index contributed by atoms with van der Waals surface area (Å²) in [5.74, 6) is -5.57. The van der Waals surface area contributed by atoms with Gasteiger partial charge in [0.15, 0.2) is 5.82 Å². The summed E-state index contributed by atoms with van der Waals surface area (Å²) in [6, 6.07) is 5.58. The molecule has 11 nitrogen and oxygen atoms in total. The van der Waals surface area contributed by atoms with Gasteiger partial charge in [-0.05, 0) is 64.7 Å². The minimum absolute atomic E-state index is 0.0478. The molecule has 0 saturated carbocycles. The van der Waals surface area contributed by atoms with Crippen LogP contribution in [0.3, 0.4) is 0 Å². The second-order valence-corrected chi connectivity index (χ2v) is 10.6. The first-order valence-corrected chi connectivity index (χ1v) is 13.6. The standard InChI is InChI=1S/C29H30F5N7O4/c1-15(2)41(45-26(43)29(32,33)34)25(42)17-9-10-18(16(3)13-17)22-19-14-36-28(44)40(23-20(30)7-6-8-21(23)31)24(19)38-27(37-22)35-11-12-39(4)5/h6-10,13,15H,11-12,14H2,1-5H3,(H,36,44)(H,35,37,38). The molecule has 45 heavy (non-hydrogen) atoms. The van der Waals surface area contributed by atoms with Crippen molar-refractivity contribution in [3.05, 3.63) is 64.7 Å². The zero-order chi connectivity index (χ0) is 33.2. The summed E-state index contributed by atoms with van der Waals surface area (Å²) in [6.45, 7) is 5.20. The van der Waals surface area contributed by atoms with Crippen molar-refractivity contribution in [2.75, 3.05) is 37.4 Å². The number of benzene rings is 2. The number of para-hydroxylation sites is 1. The number of carbonyl (C=O) groups excluding carboxylic acids is 3. The molecule has 4 rings (SSSR count). The normalized spacial score (nSPS) is 13.1. The number of hydroxylamine groups is 2. The van der Waals surface area contributed by atoms with Gasteiger partial charge >= 0.3 is 18.2 Å². The Hall–Kier alpha value is -4.86. The predicted molar refractivity (Wildman–Crippen MR) is 153 cm³/mol. The fourth-order valence-corrected chi connectivity index (χ4v) is 4.47. The van der Waals surface area contributed by atoms with E-state index >= 15 is 0 Å². The molecule has 2 aromatic carbocycles. The van der Waals surface area contributed by atoms with Crippen molar-refractivity contribution in [3.63, 3.8) is 0 Å². The van der Waals surface area contributed by atoms with Crippen LogP contribution in [0.15, 0.2) is 36.4 Å². The van der Waals surface area contributed by atoms with E-state index in [9.17, 15) is 36.3 Å². The van der Waals surface area contributed by atoms with Gasteiger partial charge in [0.2, 0.25) is 5.95 Å². The van der Waals surface area contributed by atoms with Gasteiger partial charge in [-0.1, -0.05) is 12.1 Å². The van der Waals surface area contributed by atoms with Crippen LogP contribution in [-0.2, 0) is 16.2 Å². The Balaban J connectivity index is 1.82. The highest BCUT2D eigenvalue weighted by Crippen LogP contribution is 2.39. The van der Waals surface area contributed by atoms with Crippen molar-refractivity contribution in [1.29, 1.82) is 0 Å². The van der Waals surface area contributed by atoms with Crippen LogP contribution < -0.4 is 15.5 Å². The zero-order valence-electron chi connectivity index (χ0n) is 24.9. The first-order valence-electron chi connectivity index (χ1n) is 13.6. The van der Waals surface area contributed by atoms with Gasteiger partial charge in [-0.2, -0.15) is 23.2 Å². The predicted octanol–water partition coefficient (Wildman–Crippen LogP) is 4.94. The minimum atomic E-state index is -5.31. The lowest BCUT2D eigenvalue weighted by molar-refractivity contribution is -0.232. The number of anilines is 3. The Morgan fingerprint density at radius 2 is 1.78 bits per heavy atom. The number of amides is 3. The van der Waals surface area contributed by atoms with Crippen molar-refractivity contribution in [1.82, 2.24) is 25.2 Å². The van der Waals surface area contributed by atoms with Gasteiger partial charge in [0.1, 0.15) is 17.3 Å². The summed E-state index contributed by atoms with van der Waals surface area (Å²) in [4.78, 5) is 53.7. The molecule has 0 atom stereocenters. The Morgan fingerprint density at radius 1 is 1.11 bits per heavy atom. The van der Waals surface area contributed by atoms with E-state index in [1.807, 2.05) is 19.0 Å². The van der Waals surface area contributed by atoms with Crippen molar-refractivity contribution in [2.24, 2.45) is 0 Å². The summed E-state index contributed by atoms with van der Waals surface area (Å²) in [7, 11) is 3.70. The van der Waals surface area contributed by atoms with Gasteiger partial charge < -0.3 is 20.4 Å². The number of likely N-dealkylation sites (N-methyl/N-ethyl adjacent to an activating group) is 1. The minimum Gasteiger partial charge on any atom is -0.353 e. The maximum Gasteiger partial charge on any atom is 0.493 e. The number of rotatable bonds is 8. The quantitative estimate of drug-likeness (QED) is 0.264. The van der Waals surface area contributed by atoms with Crippen molar-refractivity contribution >= 4 is 35.4 Å². The molecule has 0 spiro atoms. The Morgan fingerprint density at radius 3 is 2.36 bits per heavy atom. The number of alkyl halides is 3. The van der Waals surface area contributed by atoms with E-state index in [1.54, 1.807) is 6.92 Å². The highest BCUT2D eigenvalue weighted by Gasteiger charge is 2.44. The first kappa shape index (κ1) is 33.0. The summed E-state index contributed by atoms with van der Waals surface area (Å²) in [5.41, 5.74) is 0.687. The van der Waals surface area contributed by atoms with Crippen molar-refractivity contribution in [2.45, 2.75) is 39.5 Å². The third-order valence-electron chi connectivity index (χ3n) is 6.63. The van der Waals surface area contributed by atoms with Crippen molar-refractivity contribution < 1.29 is 41.2 Å². The third-order valence-corrected chi connectivity index (χ3v) is 6.63. The van der Waals surface area contributed by atoms with Crippen LogP contribution in [0.2, 0.25) is 0 Å². The topological polar surface area (TPSA) is 120 Å². The van der Waals surface area contributed by atoms with E-state index in [4.69, 9.17) is 0 Å². The van der Waals surface area contributed by atoms with E-state index in [0.29, 0.717) is 34.8 Å². The SMILES string of the molecule is Cc1cc(C(=O)N(OC(=O)C(F)(F)F)C(C)C)ccc1-c1nc(NCCN(C)C)nc2c1CNC(=O)N2c1c(F)cccc1F. The van der Waals surface area contributed by atoms with E-state index in [1.165, 1.54) is 32.0 Å². The number of aryl methyl sites for hydroxylation is 1. The molecule has 16 heteroatoms. The molecule has 0 aliphatic carbocycles. The molecule has 3 aromatic rings. The lowest BCUT2D eigenvalue weighted by Crippen LogP contribution is -2.43. The molecule has 1 aliphatic heterocycles. The number of fused-ring (bicyclic) bond motifs is 1. The monoisotopic (exact) mass is 635 g/mol. The van der Waals surface area contributed by atoms with Crippen LogP contribution in [0.1, 0.15) is 35.3 Å². The smallest absolute Gasteiger partial charge is 0.353 e. The highest BCUT2D eigenvalue weighted by atomic mass is 19.4. The third kappa shape index (κ3) is 7.11. The molecule has 1 aliphatic rings. The summed E-state index contributed by atoms with van der Waals surface area (Å²) >= 11 is 0. The summed E-state index contributed by atoms with van der Waals surface area (Å²) in [5, 5.41) is 5.96. The van der Waals surface area contributed by atoms with E-state index < -0.39 is 47.4 Å². The average Bonchev–Trinajstić information content (AvgIpc) is 2.95. The van der Waals surface area contributed by atoms with Crippen molar-refractivity contribution in [3.8, 4) is 11.3 Å². The number of nitrogens with zero attached hydrogens (tertiary/aromatic N) is 5. The number of halogens is 5. The van der Waals surface area contributed by atoms with Crippen LogP contribution in [0.4, 0.5) is 44.2 Å². The molecule has 0 unspecified atom stereocenters. The van der Waals surface area contributed by atoms with E-state index in [0.717, 1.165) is 23.1 Å². The molecule has 240 valence electrons.